The summed E-state index contributed by atoms with van der Waals surface area (Å²) in [7, 11) is 0. The third kappa shape index (κ3) is 2.39. The van der Waals surface area contributed by atoms with Crippen LogP contribution in [0.1, 0.15) is 12.5 Å². The molecule has 1 saturated heterocycles. The van der Waals surface area contributed by atoms with Crippen LogP contribution >= 0.6 is 0 Å². The van der Waals surface area contributed by atoms with Gasteiger partial charge in [-0.3, -0.25) is 4.79 Å². The normalized spacial score (nSPS) is 25.4. The Bertz CT molecular complexity index is 321. The highest BCUT2D eigenvalue weighted by atomic mass is 16.1. The first-order chi connectivity index (χ1) is 7.27. The SMILES string of the molecule is C[C@@H]1CNC[C@H]1C(=O)NCc1cc[nH]c1. The fraction of sp³-hybridized carbons (Fsp3) is 0.545. The lowest BCUT2D eigenvalue weighted by molar-refractivity contribution is -0.125. The van der Waals surface area contributed by atoms with Crippen molar-refractivity contribution in [2.45, 2.75) is 13.5 Å². The molecule has 1 aliphatic rings. The molecule has 0 aromatic carbocycles. The van der Waals surface area contributed by atoms with Gasteiger partial charge in [0.15, 0.2) is 0 Å². The Morgan fingerprint density at radius 3 is 3.07 bits per heavy atom. The van der Waals surface area contributed by atoms with Crippen LogP contribution in [-0.4, -0.2) is 24.0 Å². The Morgan fingerprint density at radius 1 is 1.60 bits per heavy atom. The van der Waals surface area contributed by atoms with Crippen LogP contribution in [-0.2, 0) is 11.3 Å². The smallest absolute Gasteiger partial charge is 0.224 e. The van der Waals surface area contributed by atoms with E-state index in [0.29, 0.717) is 12.5 Å². The molecule has 2 atom stereocenters. The van der Waals surface area contributed by atoms with Crippen molar-refractivity contribution in [3.8, 4) is 0 Å². The van der Waals surface area contributed by atoms with Crippen LogP contribution in [0.3, 0.4) is 0 Å². The van der Waals surface area contributed by atoms with Gasteiger partial charge in [0.05, 0.1) is 5.92 Å². The van der Waals surface area contributed by atoms with Crippen molar-refractivity contribution >= 4 is 5.91 Å². The highest BCUT2D eigenvalue weighted by Crippen LogP contribution is 2.15. The maximum absolute atomic E-state index is 11.8. The quantitative estimate of drug-likeness (QED) is 0.675. The van der Waals surface area contributed by atoms with Crippen molar-refractivity contribution in [3.05, 3.63) is 24.0 Å². The second-order valence-electron chi connectivity index (χ2n) is 4.18. The minimum absolute atomic E-state index is 0.129. The van der Waals surface area contributed by atoms with E-state index in [-0.39, 0.29) is 11.8 Å². The molecule has 4 nitrogen and oxygen atoms in total. The summed E-state index contributed by atoms with van der Waals surface area (Å²) in [6.07, 6.45) is 3.76. The second-order valence-corrected chi connectivity index (χ2v) is 4.18. The molecule has 0 radical (unpaired) electrons. The fourth-order valence-electron chi connectivity index (χ4n) is 1.95. The van der Waals surface area contributed by atoms with E-state index < -0.39 is 0 Å². The molecule has 2 rings (SSSR count). The largest absolute Gasteiger partial charge is 0.367 e. The van der Waals surface area contributed by atoms with Gasteiger partial charge < -0.3 is 15.6 Å². The maximum atomic E-state index is 11.8. The van der Waals surface area contributed by atoms with E-state index in [1.165, 1.54) is 0 Å². The van der Waals surface area contributed by atoms with Crippen LogP contribution in [0.25, 0.3) is 0 Å². The van der Waals surface area contributed by atoms with Gasteiger partial charge in [-0.1, -0.05) is 6.92 Å². The standard InChI is InChI=1S/C11H17N3O/c1-8-4-13-7-10(8)11(15)14-6-9-2-3-12-5-9/h2-3,5,8,10,12-13H,4,6-7H2,1H3,(H,14,15)/t8-,10-/m1/s1. The summed E-state index contributed by atoms with van der Waals surface area (Å²) in [6.45, 7) is 4.48. The molecule has 0 spiro atoms. The minimum atomic E-state index is 0.129. The van der Waals surface area contributed by atoms with Crippen molar-refractivity contribution in [3.63, 3.8) is 0 Å². The molecule has 1 fully saturated rings. The topological polar surface area (TPSA) is 56.9 Å². The molecule has 1 aliphatic heterocycles. The molecule has 0 bridgehead atoms. The van der Waals surface area contributed by atoms with Gasteiger partial charge in [0.1, 0.15) is 0 Å². The number of carbonyl (C=O) groups excluding carboxylic acids is 1. The Morgan fingerprint density at radius 2 is 2.47 bits per heavy atom. The van der Waals surface area contributed by atoms with Gasteiger partial charge in [0.25, 0.3) is 0 Å². The van der Waals surface area contributed by atoms with Crippen molar-refractivity contribution in [2.75, 3.05) is 13.1 Å². The van der Waals surface area contributed by atoms with E-state index in [9.17, 15) is 4.79 Å². The first kappa shape index (κ1) is 10.2. The molecule has 1 amide bonds. The number of hydrogen-bond acceptors (Lipinski definition) is 2. The summed E-state index contributed by atoms with van der Waals surface area (Å²) in [5.74, 6) is 0.730. The number of nitrogens with one attached hydrogen (secondary N) is 3. The molecule has 2 heterocycles. The zero-order valence-electron chi connectivity index (χ0n) is 8.92. The molecule has 1 aromatic rings. The predicted molar refractivity (Wildman–Crippen MR) is 58.2 cm³/mol. The highest BCUT2D eigenvalue weighted by molar-refractivity contribution is 5.79. The highest BCUT2D eigenvalue weighted by Gasteiger charge is 2.29. The number of carbonyl (C=O) groups is 1. The third-order valence-corrected chi connectivity index (χ3v) is 2.98. The van der Waals surface area contributed by atoms with Crippen LogP contribution < -0.4 is 10.6 Å². The molecule has 3 N–H and O–H groups in total. The molecule has 0 unspecified atom stereocenters. The van der Waals surface area contributed by atoms with Gasteiger partial charge in [-0.15, -0.1) is 0 Å². The minimum Gasteiger partial charge on any atom is -0.367 e. The summed E-state index contributed by atoms with van der Waals surface area (Å²) < 4.78 is 0. The van der Waals surface area contributed by atoms with Crippen LogP contribution in [0, 0.1) is 11.8 Å². The van der Waals surface area contributed by atoms with E-state index in [0.717, 1.165) is 18.7 Å². The Balaban J connectivity index is 1.82. The van der Waals surface area contributed by atoms with Crippen LogP contribution in [0.5, 0.6) is 0 Å². The van der Waals surface area contributed by atoms with Gasteiger partial charge >= 0.3 is 0 Å². The van der Waals surface area contributed by atoms with Crippen molar-refractivity contribution in [2.24, 2.45) is 11.8 Å². The number of aromatic amines is 1. The van der Waals surface area contributed by atoms with E-state index in [1.807, 2.05) is 18.5 Å². The number of amides is 1. The summed E-state index contributed by atoms with van der Waals surface area (Å²) in [5.41, 5.74) is 1.11. The van der Waals surface area contributed by atoms with E-state index >= 15 is 0 Å². The second kappa shape index (κ2) is 4.49. The summed E-state index contributed by atoms with van der Waals surface area (Å²) in [4.78, 5) is 14.8. The van der Waals surface area contributed by atoms with Gasteiger partial charge in [-0.2, -0.15) is 0 Å². The van der Waals surface area contributed by atoms with E-state index in [1.54, 1.807) is 0 Å². The average molecular weight is 207 g/mol. The zero-order valence-corrected chi connectivity index (χ0v) is 8.92. The van der Waals surface area contributed by atoms with Crippen LogP contribution in [0.2, 0.25) is 0 Å². The lowest BCUT2D eigenvalue weighted by atomic mass is 9.97. The molecule has 82 valence electrons. The van der Waals surface area contributed by atoms with Crippen molar-refractivity contribution < 1.29 is 4.79 Å². The lowest BCUT2D eigenvalue weighted by Gasteiger charge is -2.13. The zero-order chi connectivity index (χ0) is 10.7. The number of rotatable bonds is 3. The first-order valence-electron chi connectivity index (χ1n) is 5.37. The third-order valence-electron chi connectivity index (χ3n) is 2.98. The van der Waals surface area contributed by atoms with Crippen molar-refractivity contribution in [1.29, 1.82) is 0 Å². The van der Waals surface area contributed by atoms with Crippen molar-refractivity contribution in [1.82, 2.24) is 15.6 Å². The molecular formula is C11H17N3O. The fourth-order valence-corrected chi connectivity index (χ4v) is 1.95. The van der Waals surface area contributed by atoms with Crippen LogP contribution in [0.15, 0.2) is 18.5 Å². The monoisotopic (exact) mass is 207 g/mol. The van der Waals surface area contributed by atoms with E-state index in [4.69, 9.17) is 0 Å². The maximum Gasteiger partial charge on any atom is 0.224 e. The average Bonchev–Trinajstić information content (AvgIpc) is 2.84. The molecular weight excluding hydrogens is 190 g/mol. The molecule has 15 heavy (non-hydrogen) atoms. The predicted octanol–water partition coefficient (Wildman–Crippen LogP) is 0.486. The first-order valence-corrected chi connectivity index (χ1v) is 5.37. The summed E-state index contributed by atoms with van der Waals surface area (Å²) in [6, 6.07) is 1.97. The summed E-state index contributed by atoms with van der Waals surface area (Å²) in [5, 5.41) is 6.19. The molecule has 1 aromatic heterocycles. The lowest BCUT2D eigenvalue weighted by Crippen LogP contribution is -2.33. The summed E-state index contributed by atoms with van der Waals surface area (Å²) >= 11 is 0. The Hall–Kier alpha value is -1.29. The van der Waals surface area contributed by atoms with Gasteiger partial charge in [-0.05, 0) is 24.1 Å². The molecule has 4 heteroatoms. The Kier molecular flexibility index (Phi) is 3.06. The molecule has 0 saturated carbocycles. The van der Waals surface area contributed by atoms with Gasteiger partial charge in [-0.25, -0.2) is 0 Å². The number of hydrogen-bond donors (Lipinski definition) is 3. The van der Waals surface area contributed by atoms with Crippen LogP contribution in [0.4, 0.5) is 0 Å². The van der Waals surface area contributed by atoms with Gasteiger partial charge in [0.2, 0.25) is 5.91 Å². The van der Waals surface area contributed by atoms with Gasteiger partial charge in [0, 0.05) is 25.5 Å². The number of H-pyrrole nitrogens is 1. The molecule has 0 aliphatic carbocycles. The van der Waals surface area contributed by atoms with E-state index in [2.05, 4.69) is 22.5 Å². The number of aromatic nitrogens is 1. The Labute approximate surface area is 89.5 Å².